The Hall–Kier alpha value is -1.75. The van der Waals surface area contributed by atoms with Crippen molar-refractivity contribution in [2.45, 2.75) is 26.6 Å². The van der Waals surface area contributed by atoms with E-state index in [0.717, 1.165) is 23.8 Å². The minimum absolute atomic E-state index is 0.657. The molecule has 1 aromatic heterocycles. The number of anilines is 1. The Bertz CT molecular complexity index is 506. The zero-order valence-corrected chi connectivity index (χ0v) is 13.6. The maximum atomic E-state index is 6.16. The van der Waals surface area contributed by atoms with Crippen LogP contribution in [-0.4, -0.2) is 26.5 Å². The third-order valence-electron chi connectivity index (χ3n) is 2.78. The van der Waals surface area contributed by atoms with Crippen LogP contribution < -0.4 is 4.90 Å². The van der Waals surface area contributed by atoms with Gasteiger partial charge in [0.15, 0.2) is 0 Å². The highest BCUT2D eigenvalue weighted by atomic mass is 28.4. The molecule has 0 amide bonds. The molecule has 0 aliphatic carbocycles. The lowest BCUT2D eigenvalue weighted by molar-refractivity contribution is 0.236. The molecule has 20 heavy (non-hydrogen) atoms. The molecule has 5 heteroatoms. The van der Waals surface area contributed by atoms with Crippen molar-refractivity contribution in [3.63, 3.8) is 0 Å². The maximum Gasteiger partial charge on any atom is 0.242 e. The smallest absolute Gasteiger partial charge is 0.242 e. The van der Waals surface area contributed by atoms with Crippen LogP contribution in [0.5, 0.6) is 0 Å². The van der Waals surface area contributed by atoms with Gasteiger partial charge in [-0.1, -0.05) is 6.07 Å². The summed E-state index contributed by atoms with van der Waals surface area (Å²) in [7, 11) is -1.67. The van der Waals surface area contributed by atoms with Gasteiger partial charge in [-0.15, -0.1) is 0 Å². The molecule has 0 fully saturated rings. The van der Waals surface area contributed by atoms with Crippen molar-refractivity contribution in [3.8, 4) is 0 Å². The molecule has 1 aliphatic heterocycles. The van der Waals surface area contributed by atoms with Crippen molar-refractivity contribution in [2.75, 3.05) is 18.1 Å². The highest BCUT2D eigenvalue weighted by Gasteiger charge is 2.25. The number of hydrogen-bond donors (Lipinski definition) is 0. The molecule has 4 nitrogen and oxygen atoms in total. The third kappa shape index (κ3) is 3.63. The van der Waals surface area contributed by atoms with Gasteiger partial charge in [-0.3, -0.25) is 0 Å². The van der Waals surface area contributed by atoms with Crippen molar-refractivity contribution in [1.29, 1.82) is 0 Å². The number of pyridine rings is 1. The quantitative estimate of drug-likeness (QED) is 0.628. The van der Waals surface area contributed by atoms with E-state index in [1.807, 2.05) is 31.2 Å². The van der Waals surface area contributed by atoms with Gasteiger partial charge < -0.3 is 14.1 Å². The molecular weight excluding hydrogens is 268 g/mol. The molecule has 0 radical (unpaired) electrons. The standard InChI is InChI=1S/C15H22N2O2Si/c1-5-14(19-20(2,3)4)13-12-18-11-10-17(13)15-8-6-7-9-16-15/h5-9,12H,10-11H2,1-4H3/b14-5+. The van der Waals surface area contributed by atoms with Crippen molar-refractivity contribution >= 4 is 14.1 Å². The number of aromatic nitrogens is 1. The second kappa shape index (κ2) is 6.13. The Morgan fingerprint density at radius 2 is 2.20 bits per heavy atom. The van der Waals surface area contributed by atoms with Gasteiger partial charge in [0.25, 0.3) is 0 Å². The molecule has 0 bridgehead atoms. The SMILES string of the molecule is C/C=C(/O[Si](C)(C)C)C1=COCCN1c1ccccn1. The first-order chi connectivity index (χ1) is 9.51. The van der Waals surface area contributed by atoms with E-state index in [1.54, 1.807) is 12.5 Å². The van der Waals surface area contributed by atoms with E-state index in [0.29, 0.717) is 6.61 Å². The van der Waals surface area contributed by atoms with Gasteiger partial charge >= 0.3 is 0 Å². The van der Waals surface area contributed by atoms with E-state index in [9.17, 15) is 0 Å². The van der Waals surface area contributed by atoms with Crippen LogP contribution in [0.3, 0.4) is 0 Å². The van der Waals surface area contributed by atoms with Gasteiger partial charge in [-0.2, -0.15) is 0 Å². The Morgan fingerprint density at radius 3 is 2.80 bits per heavy atom. The summed E-state index contributed by atoms with van der Waals surface area (Å²) in [4.78, 5) is 6.56. The van der Waals surface area contributed by atoms with Crippen LogP contribution in [0.4, 0.5) is 5.82 Å². The Morgan fingerprint density at radius 1 is 1.40 bits per heavy atom. The minimum Gasteiger partial charge on any atom is -0.543 e. The lowest BCUT2D eigenvalue weighted by atomic mass is 10.2. The van der Waals surface area contributed by atoms with Crippen molar-refractivity contribution in [1.82, 2.24) is 4.98 Å². The fourth-order valence-electron chi connectivity index (χ4n) is 2.00. The summed E-state index contributed by atoms with van der Waals surface area (Å²) in [6, 6.07) is 5.91. The molecule has 0 saturated carbocycles. The fraction of sp³-hybridized carbons (Fsp3) is 0.400. The highest BCUT2D eigenvalue weighted by molar-refractivity contribution is 6.70. The number of hydrogen-bond acceptors (Lipinski definition) is 4. The van der Waals surface area contributed by atoms with Crippen LogP contribution in [0.1, 0.15) is 6.92 Å². The highest BCUT2D eigenvalue weighted by Crippen LogP contribution is 2.27. The van der Waals surface area contributed by atoms with Gasteiger partial charge in [0.1, 0.15) is 30.1 Å². The number of nitrogens with zero attached hydrogens (tertiary/aromatic N) is 2. The minimum atomic E-state index is -1.67. The first-order valence-electron chi connectivity index (χ1n) is 6.87. The summed E-state index contributed by atoms with van der Waals surface area (Å²) in [6.07, 6.45) is 5.57. The molecule has 2 heterocycles. The van der Waals surface area contributed by atoms with E-state index >= 15 is 0 Å². The van der Waals surface area contributed by atoms with Gasteiger partial charge in [-0.05, 0) is 44.8 Å². The van der Waals surface area contributed by atoms with E-state index < -0.39 is 8.32 Å². The van der Waals surface area contributed by atoms with Crippen LogP contribution in [0.25, 0.3) is 0 Å². The summed E-state index contributed by atoms with van der Waals surface area (Å²) >= 11 is 0. The zero-order chi connectivity index (χ0) is 14.6. The number of allylic oxidation sites excluding steroid dienone is 1. The monoisotopic (exact) mass is 290 g/mol. The Balaban J connectivity index is 2.29. The van der Waals surface area contributed by atoms with Crippen LogP contribution in [0, 0.1) is 0 Å². The van der Waals surface area contributed by atoms with Gasteiger partial charge in [0.2, 0.25) is 8.32 Å². The topological polar surface area (TPSA) is 34.6 Å². The fourth-order valence-corrected chi connectivity index (χ4v) is 2.88. The predicted octanol–water partition coefficient (Wildman–Crippen LogP) is 3.51. The van der Waals surface area contributed by atoms with Crippen molar-refractivity contribution in [3.05, 3.63) is 48.2 Å². The second-order valence-corrected chi connectivity index (χ2v) is 10.0. The second-order valence-electron chi connectivity index (χ2n) is 5.58. The maximum absolute atomic E-state index is 6.16. The molecule has 0 aromatic carbocycles. The van der Waals surface area contributed by atoms with Gasteiger partial charge in [0, 0.05) is 6.20 Å². The molecule has 1 aliphatic rings. The van der Waals surface area contributed by atoms with Crippen LogP contribution in [0.15, 0.2) is 48.2 Å². The van der Waals surface area contributed by atoms with Crippen molar-refractivity contribution < 1.29 is 9.16 Å². The lowest BCUT2D eigenvalue weighted by Crippen LogP contribution is -2.35. The van der Waals surface area contributed by atoms with E-state index in [2.05, 4.69) is 29.5 Å². The van der Waals surface area contributed by atoms with Crippen LogP contribution in [0.2, 0.25) is 19.6 Å². The van der Waals surface area contributed by atoms with Crippen LogP contribution >= 0.6 is 0 Å². The summed E-state index contributed by atoms with van der Waals surface area (Å²) < 4.78 is 11.7. The molecule has 0 saturated heterocycles. The normalized spacial score (nSPS) is 16.5. The van der Waals surface area contributed by atoms with E-state index in [-0.39, 0.29) is 0 Å². The lowest BCUT2D eigenvalue weighted by Gasteiger charge is -2.33. The molecule has 0 spiro atoms. The average molecular weight is 290 g/mol. The summed E-state index contributed by atoms with van der Waals surface area (Å²) in [5.74, 6) is 1.79. The van der Waals surface area contributed by atoms with Gasteiger partial charge in [0.05, 0.1) is 6.54 Å². The molecule has 0 unspecified atom stereocenters. The molecule has 1 aromatic rings. The molecular formula is C15H22N2O2Si. The third-order valence-corrected chi connectivity index (χ3v) is 3.61. The van der Waals surface area contributed by atoms with Crippen molar-refractivity contribution in [2.24, 2.45) is 0 Å². The van der Waals surface area contributed by atoms with Crippen LogP contribution in [-0.2, 0) is 9.16 Å². The average Bonchev–Trinajstić information content (AvgIpc) is 2.45. The number of ether oxygens (including phenoxy) is 1. The number of rotatable bonds is 4. The Kier molecular flexibility index (Phi) is 4.49. The molecule has 0 atom stereocenters. The summed E-state index contributed by atoms with van der Waals surface area (Å²) in [6.45, 7) is 9.93. The van der Waals surface area contributed by atoms with Gasteiger partial charge in [-0.25, -0.2) is 4.98 Å². The molecule has 0 N–H and O–H groups in total. The first kappa shape index (κ1) is 14.7. The van der Waals surface area contributed by atoms with E-state index in [4.69, 9.17) is 9.16 Å². The first-order valence-corrected chi connectivity index (χ1v) is 10.3. The summed E-state index contributed by atoms with van der Waals surface area (Å²) in [5.41, 5.74) is 0.944. The molecule has 108 valence electrons. The zero-order valence-electron chi connectivity index (χ0n) is 12.6. The summed E-state index contributed by atoms with van der Waals surface area (Å²) in [5, 5.41) is 0. The predicted molar refractivity (Wildman–Crippen MR) is 83.8 cm³/mol. The molecule has 2 rings (SSSR count). The largest absolute Gasteiger partial charge is 0.543 e. The van der Waals surface area contributed by atoms with E-state index in [1.165, 1.54) is 0 Å². The Labute approximate surface area is 121 Å².